The van der Waals surface area contributed by atoms with Gasteiger partial charge in [-0.05, 0) is 30.7 Å². The molecule has 0 unspecified atom stereocenters. The van der Waals surface area contributed by atoms with Gasteiger partial charge in [-0.25, -0.2) is 4.98 Å². The Morgan fingerprint density at radius 2 is 2.16 bits per heavy atom. The molecule has 0 aliphatic rings. The minimum absolute atomic E-state index is 0.390. The number of nitrogens with two attached hydrogens (primary N) is 1. The highest BCUT2D eigenvalue weighted by Crippen LogP contribution is 2.25. The summed E-state index contributed by atoms with van der Waals surface area (Å²) in [7, 11) is 0. The Kier molecular flexibility index (Phi) is 2.43. The molecule has 2 aromatic heterocycles. The number of nitrogen functional groups attached to an aromatic ring is 1. The molecular formula is C14H11N5. The quantitative estimate of drug-likeness (QED) is 0.716. The van der Waals surface area contributed by atoms with Gasteiger partial charge in [-0.3, -0.25) is 9.55 Å². The van der Waals surface area contributed by atoms with Gasteiger partial charge in [0.15, 0.2) is 0 Å². The van der Waals surface area contributed by atoms with Crippen LogP contribution in [0.2, 0.25) is 0 Å². The number of benzene rings is 1. The number of rotatable bonds is 1. The lowest BCUT2D eigenvalue weighted by Crippen LogP contribution is -2.03. The summed E-state index contributed by atoms with van der Waals surface area (Å²) in [5.41, 5.74) is 10.1. The minimum Gasteiger partial charge on any atom is -0.369 e. The van der Waals surface area contributed by atoms with Gasteiger partial charge in [0.25, 0.3) is 0 Å². The average molecular weight is 249 g/mol. The molecule has 0 fully saturated rings. The van der Waals surface area contributed by atoms with Crippen molar-refractivity contribution in [3.8, 4) is 11.8 Å². The Bertz CT molecular complexity index is 810. The van der Waals surface area contributed by atoms with Crippen LogP contribution < -0.4 is 5.73 Å². The van der Waals surface area contributed by atoms with Crippen LogP contribution in [0.4, 0.5) is 5.95 Å². The molecule has 0 aliphatic carbocycles. The Morgan fingerprint density at radius 3 is 2.95 bits per heavy atom. The number of anilines is 1. The molecule has 5 nitrogen and oxygen atoms in total. The fourth-order valence-electron chi connectivity index (χ4n) is 2.12. The lowest BCUT2D eigenvalue weighted by atomic mass is 10.1. The fraction of sp³-hybridized carbons (Fsp3) is 0.0714. The van der Waals surface area contributed by atoms with E-state index < -0.39 is 0 Å². The zero-order valence-corrected chi connectivity index (χ0v) is 10.3. The van der Waals surface area contributed by atoms with Crippen molar-refractivity contribution >= 4 is 17.0 Å². The third-order valence-corrected chi connectivity index (χ3v) is 3.06. The molecule has 0 amide bonds. The lowest BCUT2D eigenvalue weighted by molar-refractivity contribution is 1.09. The van der Waals surface area contributed by atoms with Crippen molar-refractivity contribution in [2.45, 2.75) is 6.92 Å². The van der Waals surface area contributed by atoms with Crippen LogP contribution >= 0.6 is 0 Å². The van der Waals surface area contributed by atoms with Crippen molar-refractivity contribution in [1.29, 1.82) is 5.26 Å². The van der Waals surface area contributed by atoms with Gasteiger partial charge < -0.3 is 5.73 Å². The standard InChI is InChI=1S/C14H11N5/c1-9-2-3-10(7-15)6-13(9)19-12-4-5-17-8-11(12)18-14(19)16/h2-6,8H,1H3,(H2,16,18). The number of aryl methyl sites for hydroxylation is 1. The smallest absolute Gasteiger partial charge is 0.205 e. The van der Waals surface area contributed by atoms with E-state index in [0.29, 0.717) is 11.5 Å². The molecule has 0 aliphatic heterocycles. The second-order valence-corrected chi connectivity index (χ2v) is 4.28. The first-order valence-corrected chi connectivity index (χ1v) is 5.80. The maximum Gasteiger partial charge on any atom is 0.205 e. The summed E-state index contributed by atoms with van der Waals surface area (Å²) >= 11 is 0. The summed E-state index contributed by atoms with van der Waals surface area (Å²) in [6.45, 7) is 1.98. The van der Waals surface area contributed by atoms with Crippen LogP contribution in [0, 0.1) is 18.3 Å². The van der Waals surface area contributed by atoms with Crippen LogP contribution in [-0.4, -0.2) is 14.5 Å². The van der Waals surface area contributed by atoms with Crippen LogP contribution in [-0.2, 0) is 0 Å². The first-order valence-electron chi connectivity index (χ1n) is 5.80. The monoisotopic (exact) mass is 249 g/mol. The molecule has 0 radical (unpaired) electrons. The van der Waals surface area contributed by atoms with Crippen molar-refractivity contribution in [1.82, 2.24) is 14.5 Å². The highest BCUT2D eigenvalue weighted by molar-refractivity contribution is 5.80. The molecular weight excluding hydrogens is 238 g/mol. The zero-order chi connectivity index (χ0) is 13.4. The normalized spacial score (nSPS) is 10.5. The fourth-order valence-corrected chi connectivity index (χ4v) is 2.12. The van der Waals surface area contributed by atoms with Crippen LogP contribution in [0.15, 0.2) is 36.7 Å². The van der Waals surface area contributed by atoms with E-state index in [0.717, 1.165) is 22.3 Å². The van der Waals surface area contributed by atoms with E-state index >= 15 is 0 Å². The van der Waals surface area contributed by atoms with Gasteiger partial charge in [-0.1, -0.05) is 6.07 Å². The van der Waals surface area contributed by atoms with Crippen molar-refractivity contribution in [3.63, 3.8) is 0 Å². The SMILES string of the molecule is Cc1ccc(C#N)cc1-n1c(N)nc2cnccc21. The predicted octanol–water partition coefficient (Wildman–Crippen LogP) is 2.18. The van der Waals surface area contributed by atoms with Crippen molar-refractivity contribution in [2.75, 3.05) is 5.73 Å². The molecule has 3 rings (SSSR count). The van der Waals surface area contributed by atoms with Gasteiger partial charge in [0.2, 0.25) is 5.95 Å². The summed E-state index contributed by atoms with van der Waals surface area (Å²) in [5.74, 6) is 0.390. The summed E-state index contributed by atoms with van der Waals surface area (Å²) in [4.78, 5) is 8.31. The second-order valence-electron chi connectivity index (χ2n) is 4.28. The number of nitriles is 1. The van der Waals surface area contributed by atoms with Gasteiger partial charge in [-0.15, -0.1) is 0 Å². The average Bonchev–Trinajstić information content (AvgIpc) is 2.75. The molecule has 0 spiro atoms. The van der Waals surface area contributed by atoms with Crippen LogP contribution in [0.1, 0.15) is 11.1 Å². The van der Waals surface area contributed by atoms with Crippen molar-refractivity contribution < 1.29 is 0 Å². The first-order chi connectivity index (χ1) is 9.20. The Morgan fingerprint density at radius 1 is 1.32 bits per heavy atom. The third kappa shape index (κ3) is 1.70. The van der Waals surface area contributed by atoms with E-state index in [-0.39, 0.29) is 0 Å². The van der Waals surface area contributed by atoms with Gasteiger partial charge in [0.1, 0.15) is 5.52 Å². The van der Waals surface area contributed by atoms with Gasteiger partial charge in [-0.2, -0.15) is 5.26 Å². The molecule has 0 saturated heterocycles. The number of fused-ring (bicyclic) bond motifs is 1. The predicted molar refractivity (Wildman–Crippen MR) is 72.7 cm³/mol. The van der Waals surface area contributed by atoms with E-state index in [1.54, 1.807) is 18.5 Å². The second kappa shape index (κ2) is 4.10. The summed E-state index contributed by atoms with van der Waals surface area (Å²) < 4.78 is 1.84. The Hall–Kier alpha value is -2.87. The number of hydrogen-bond acceptors (Lipinski definition) is 4. The minimum atomic E-state index is 0.390. The molecule has 19 heavy (non-hydrogen) atoms. The van der Waals surface area contributed by atoms with Crippen LogP contribution in [0.3, 0.4) is 0 Å². The largest absolute Gasteiger partial charge is 0.369 e. The Labute approximate surface area is 109 Å². The number of aromatic nitrogens is 3. The lowest BCUT2D eigenvalue weighted by Gasteiger charge is -2.10. The highest BCUT2D eigenvalue weighted by atomic mass is 15.2. The van der Waals surface area contributed by atoms with E-state index in [1.165, 1.54) is 0 Å². The van der Waals surface area contributed by atoms with Gasteiger partial charge in [0.05, 0.1) is 29.0 Å². The van der Waals surface area contributed by atoms with Crippen LogP contribution in [0.25, 0.3) is 16.7 Å². The molecule has 1 aromatic carbocycles. The summed E-state index contributed by atoms with van der Waals surface area (Å²) in [5, 5.41) is 9.02. The van der Waals surface area contributed by atoms with Crippen LogP contribution in [0.5, 0.6) is 0 Å². The first kappa shape index (κ1) is 11.2. The molecule has 0 bridgehead atoms. The molecule has 2 heterocycles. The van der Waals surface area contributed by atoms with E-state index in [4.69, 9.17) is 11.0 Å². The summed E-state index contributed by atoms with van der Waals surface area (Å²) in [6, 6.07) is 9.50. The van der Waals surface area contributed by atoms with Gasteiger partial charge >= 0.3 is 0 Å². The molecule has 92 valence electrons. The maximum atomic E-state index is 9.02. The zero-order valence-electron chi connectivity index (χ0n) is 10.3. The van der Waals surface area contributed by atoms with E-state index in [1.807, 2.05) is 29.7 Å². The Balaban J connectivity index is 2.36. The van der Waals surface area contributed by atoms with E-state index in [2.05, 4.69) is 16.0 Å². The molecule has 2 N–H and O–H groups in total. The van der Waals surface area contributed by atoms with Gasteiger partial charge in [0, 0.05) is 6.20 Å². The number of pyridine rings is 1. The van der Waals surface area contributed by atoms with Crippen molar-refractivity contribution in [2.24, 2.45) is 0 Å². The number of imidazole rings is 1. The molecule has 3 aromatic rings. The van der Waals surface area contributed by atoms with E-state index in [9.17, 15) is 0 Å². The van der Waals surface area contributed by atoms with Crippen molar-refractivity contribution in [3.05, 3.63) is 47.8 Å². The molecule has 5 heteroatoms. The summed E-state index contributed by atoms with van der Waals surface area (Å²) in [6.07, 6.45) is 3.37. The topological polar surface area (TPSA) is 80.5 Å². The molecule has 0 saturated carbocycles. The molecule has 0 atom stereocenters. The number of hydrogen-bond donors (Lipinski definition) is 1. The highest BCUT2D eigenvalue weighted by Gasteiger charge is 2.12. The maximum absolute atomic E-state index is 9.02. The number of nitrogens with zero attached hydrogens (tertiary/aromatic N) is 4. The third-order valence-electron chi connectivity index (χ3n) is 3.06.